The van der Waals surface area contributed by atoms with Gasteiger partial charge in [-0.2, -0.15) is 10.3 Å². The van der Waals surface area contributed by atoms with Gasteiger partial charge in [0.15, 0.2) is 5.82 Å². The van der Waals surface area contributed by atoms with Crippen LogP contribution in [-0.4, -0.2) is 40.4 Å². The molecule has 166 valence electrons. The highest BCUT2D eigenvalue weighted by atomic mass is 15.5. The van der Waals surface area contributed by atoms with Gasteiger partial charge in [0, 0.05) is 30.8 Å². The van der Waals surface area contributed by atoms with Crippen LogP contribution in [0.25, 0.3) is 22.5 Å². The Morgan fingerprint density at radius 1 is 1.03 bits per heavy atom. The number of aromatic nitrogens is 8. The molecule has 0 bridgehead atoms. The summed E-state index contributed by atoms with van der Waals surface area (Å²) in [6.07, 6.45) is 9.00. The van der Waals surface area contributed by atoms with Gasteiger partial charge in [0.25, 0.3) is 0 Å². The van der Waals surface area contributed by atoms with Crippen LogP contribution in [0, 0.1) is 5.92 Å². The maximum atomic E-state index is 4.85. The van der Waals surface area contributed by atoms with Gasteiger partial charge in [0.1, 0.15) is 5.82 Å². The third kappa shape index (κ3) is 5.25. The maximum absolute atomic E-state index is 4.85. The van der Waals surface area contributed by atoms with Gasteiger partial charge in [0.2, 0.25) is 5.82 Å². The van der Waals surface area contributed by atoms with E-state index < -0.39 is 0 Å². The van der Waals surface area contributed by atoms with E-state index in [9.17, 15) is 0 Å². The zero-order valence-electron chi connectivity index (χ0n) is 19.0. The smallest absolute Gasteiger partial charge is 0.206 e. The largest absolute Gasteiger partial charge is 0.264 e. The van der Waals surface area contributed by atoms with Gasteiger partial charge in [-0.25, -0.2) is 9.67 Å². The number of rotatable bonds is 10. The molecule has 0 spiro atoms. The van der Waals surface area contributed by atoms with Gasteiger partial charge < -0.3 is 0 Å². The summed E-state index contributed by atoms with van der Waals surface area (Å²) in [6, 6.07) is 10.5. The minimum atomic E-state index is 0.536. The molecule has 8 nitrogen and oxygen atoms in total. The monoisotopic (exact) mass is 430 g/mol. The van der Waals surface area contributed by atoms with Crippen LogP contribution in [0.15, 0.2) is 42.7 Å². The number of benzene rings is 1. The zero-order chi connectivity index (χ0) is 22.3. The molecule has 0 aliphatic heterocycles. The quantitative estimate of drug-likeness (QED) is 0.372. The lowest BCUT2D eigenvalue weighted by atomic mass is 10.00. The van der Waals surface area contributed by atoms with Crippen molar-refractivity contribution in [1.82, 2.24) is 40.4 Å². The second-order valence-corrected chi connectivity index (χ2v) is 8.51. The average molecular weight is 431 g/mol. The number of nitrogens with one attached hydrogen (secondary N) is 1. The predicted molar refractivity (Wildman–Crippen MR) is 124 cm³/mol. The number of unbranched alkanes of at least 4 members (excludes halogenated alkanes) is 2. The van der Waals surface area contributed by atoms with E-state index in [1.54, 1.807) is 12.4 Å². The van der Waals surface area contributed by atoms with Crippen LogP contribution >= 0.6 is 0 Å². The van der Waals surface area contributed by atoms with E-state index in [0.29, 0.717) is 11.7 Å². The Kier molecular flexibility index (Phi) is 6.99. The van der Waals surface area contributed by atoms with Gasteiger partial charge in [-0.15, -0.1) is 10.2 Å². The molecule has 0 aliphatic rings. The average Bonchev–Trinajstić information content (AvgIpc) is 3.45. The summed E-state index contributed by atoms with van der Waals surface area (Å²) in [5.41, 5.74) is 4.15. The summed E-state index contributed by atoms with van der Waals surface area (Å²) in [4.78, 5) is 9.07. The summed E-state index contributed by atoms with van der Waals surface area (Å²) in [5, 5.41) is 19.2. The van der Waals surface area contributed by atoms with Crippen molar-refractivity contribution in [3.8, 4) is 22.5 Å². The predicted octanol–water partition coefficient (Wildman–Crippen LogP) is 4.50. The number of H-pyrrole nitrogens is 1. The van der Waals surface area contributed by atoms with E-state index >= 15 is 0 Å². The van der Waals surface area contributed by atoms with Crippen molar-refractivity contribution in [1.29, 1.82) is 0 Å². The molecule has 0 saturated heterocycles. The van der Waals surface area contributed by atoms with Crippen molar-refractivity contribution in [2.24, 2.45) is 5.92 Å². The first kappa shape index (κ1) is 21.8. The van der Waals surface area contributed by atoms with Crippen molar-refractivity contribution < 1.29 is 0 Å². The third-order valence-corrected chi connectivity index (χ3v) is 5.39. The van der Waals surface area contributed by atoms with Crippen molar-refractivity contribution in [3.05, 3.63) is 59.9 Å². The van der Waals surface area contributed by atoms with E-state index in [1.165, 1.54) is 18.4 Å². The second-order valence-electron chi connectivity index (χ2n) is 8.51. The Morgan fingerprint density at radius 3 is 2.59 bits per heavy atom. The Balaban J connectivity index is 1.55. The molecule has 0 radical (unpaired) electrons. The molecule has 1 N–H and O–H groups in total. The van der Waals surface area contributed by atoms with Crippen LogP contribution in [0.3, 0.4) is 0 Å². The molecular weight excluding hydrogens is 400 g/mol. The van der Waals surface area contributed by atoms with Crippen molar-refractivity contribution in [2.75, 3.05) is 0 Å². The van der Waals surface area contributed by atoms with Gasteiger partial charge in [0.05, 0.1) is 6.54 Å². The zero-order valence-corrected chi connectivity index (χ0v) is 19.0. The first-order chi connectivity index (χ1) is 15.6. The molecule has 8 heteroatoms. The van der Waals surface area contributed by atoms with Crippen molar-refractivity contribution >= 4 is 0 Å². The van der Waals surface area contributed by atoms with E-state index in [-0.39, 0.29) is 0 Å². The Hall–Kier alpha value is -3.42. The lowest BCUT2D eigenvalue weighted by Gasteiger charge is -2.09. The van der Waals surface area contributed by atoms with E-state index in [0.717, 1.165) is 54.1 Å². The van der Waals surface area contributed by atoms with Gasteiger partial charge >= 0.3 is 0 Å². The number of nitrogens with zero attached hydrogens (tertiary/aromatic N) is 7. The second kappa shape index (κ2) is 10.3. The van der Waals surface area contributed by atoms with E-state index in [4.69, 9.17) is 10.1 Å². The number of hydrogen-bond acceptors (Lipinski definition) is 6. The van der Waals surface area contributed by atoms with Crippen LogP contribution in [0.2, 0.25) is 0 Å². The van der Waals surface area contributed by atoms with Crippen molar-refractivity contribution in [2.45, 2.75) is 59.4 Å². The molecule has 0 amide bonds. The van der Waals surface area contributed by atoms with Crippen LogP contribution < -0.4 is 0 Å². The van der Waals surface area contributed by atoms with Gasteiger partial charge in [-0.1, -0.05) is 57.9 Å². The Labute approximate surface area is 188 Å². The first-order valence-corrected chi connectivity index (χ1v) is 11.3. The Morgan fingerprint density at radius 2 is 1.88 bits per heavy atom. The van der Waals surface area contributed by atoms with Gasteiger partial charge in [-0.3, -0.25) is 4.98 Å². The molecule has 4 aromatic rings. The third-order valence-electron chi connectivity index (χ3n) is 5.39. The summed E-state index contributed by atoms with van der Waals surface area (Å²) in [6.45, 7) is 7.36. The molecule has 1 aromatic carbocycles. The van der Waals surface area contributed by atoms with Crippen LogP contribution in [-0.2, 0) is 19.4 Å². The van der Waals surface area contributed by atoms with Crippen LogP contribution in [0.1, 0.15) is 57.2 Å². The molecule has 0 unspecified atom stereocenters. The summed E-state index contributed by atoms with van der Waals surface area (Å²) >= 11 is 0. The number of aryl methyl sites for hydroxylation is 1. The fourth-order valence-electron chi connectivity index (χ4n) is 3.79. The summed E-state index contributed by atoms with van der Waals surface area (Å²) in [5.74, 6) is 3.12. The fraction of sp³-hybridized carbons (Fsp3) is 0.417. The summed E-state index contributed by atoms with van der Waals surface area (Å²) < 4.78 is 2.08. The standard InChI is InChI=1S/C24H30N8/c1-4-5-6-7-23-26-22(14-17(2)3)29-32(23)16-18-8-10-19(11-9-18)20-12-13-25-15-21(20)24-27-30-31-28-24/h8-13,15,17H,4-7,14,16H2,1-3H3,(H,27,28,30,31). The maximum Gasteiger partial charge on any atom is 0.206 e. The highest BCUT2D eigenvalue weighted by Crippen LogP contribution is 2.29. The minimum Gasteiger partial charge on any atom is -0.264 e. The molecular formula is C24H30N8. The van der Waals surface area contributed by atoms with E-state index in [2.05, 4.69) is 75.3 Å². The molecule has 4 rings (SSSR count). The Bertz CT molecular complexity index is 1110. The molecule has 32 heavy (non-hydrogen) atoms. The summed E-state index contributed by atoms with van der Waals surface area (Å²) in [7, 11) is 0. The fourth-order valence-corrected chi connectivity index (χ4v) is 3.79. The number of aromatic amines is 1. The molecule has 3 heterocycles. The molecule has 0 atom stereocenters. The number of hydrogen-bond donors (Lipinski definition) is 1. The van der Waals surface area contributed by atoms with Crippen LogP contribution in [0.4, 0.5) is 0 Å². The normalized spacial score (nSPS) is 11.4. The highest BCUT2D eigenvalue weighted by molar-refractivity contribution is 5.79. The molecule has 3 aromatic heterocycles. The lowest BCUT2D eigenvalue weighted by molar-refractivity contribution is 0.589. The highest BCUT2D eigenvalue weighted by Gasteiger charge is 2.13. The first-order valence-electron chi connectivity index (χ1n) is 11.3. The number of pyridine rings is 1. The minimum absolute atomic E-state index is 0.536. The molecule has 0 fully saturated rings. The molecule has 0 aliphatic carbocycles. The topological polar surface area (TPSA) is 98.1 Å². The molecule has 0 saturated carbocycles. The SMILES string of the molecule is CCCCCc1nc(CC(C)C)nn1Cc1ccc(-c2ccncc2-c2nn[nH]n2)cc1. The number of tetrazole rings is 1. The van der Waals surface area contributed by atoms with E-state index in [1.807, 2.05) is 6.07 Å². The van der Waals surface area contributed by atoms with Crippen LogP contribution in [0.5, 0.6) is 0 Å². The van der Waals surface area contributed by atoms with Gasteiger partial charge in [-0.05, 0) is 40.3 Å². The van der Waals surface area contributed by atoms with Crippen molar-refractivity contribution in [3.63, 3.8) is 0 Å². The lowest BCUT2D eigenvalue weighted by Crippen LogP contribution is -2.07.